The first-order chi connectivity index (χ1) is 11.1. The highest BCUT2D eigenvalue weighted by molar-refractivity contribution is 5.72. The van der Waals surface area contributed by atoms with Crippen molar-refractivity contribution in [2.75, 3.05) is 0 Å². The van der Waals surface area contributed by atoms with Crippen LogP contribution in [-0.2, 0) is 23.3 Å². The zero-order valence-corrected chi connectivity index (χ0v) is 18.1. The fraction of sp³-hybridized carbons (Fsp3) is 0.609. The van der Waals surface area contributed by atoms with Gasteiger partial charge in [-0.2, -0.15) is 5.10 Å². The molecule has 25 heavy (non-hydrogen) atoms. The van der Waals surface area contributed by atoms with Gasteiger partial charge in [0.05, 0.1) is 5.69 Å². The van der Waals surface area contributed by atoms with Crippen LogP contribution in [0.2, 0.25) is 0 Å². The molecule has 138 valence electrons. The number of aryl methyl sites for hydroxylation is 2. The van der Waals surface area contributed by atoms with Crippen LogP contribution in [0.4, 0.5) is 0 Å². The summed E-state index contributed by atoms with van der Waals surface area (Å²) in [5, 5.41) is 4.84. The molecule has 0 amide bonds. The summed E-state index contributed by atoms with van der Waals surface area (Å²) in [7, 11) is 2.02. The molecular weight excluding hydrogens is 304 g/mol. The molecule has 2 nitrogen and oxygen atoms in total. The van der Waals surface area contributed by atoms with Crippen molar-refractivity contribution >= 4 is 0 Å². The maximum absolute atomic E-state index is 4.84. The molecular formula is C23H36N2. The van der Waals surface area contributed by atoms with Gasteiger partial charge in [-0.3, -0.25) is 4.68 Å². The minimum absolute atomic E-state index is 0.0576. The summed E-state index contributed by atoms with van der Waals surface area (Å²) in [4.78, 5) is 0. The smallest absolute Gasteiger partial charge is 0.0931 e. The molecule has 1 aromatic heterocycles. The van der Waals surface area contributed by atoms with Gasteiger partial charge >= 0.3 is 0 Å². The van der Waals surface area contributed by atoms with Crippen LogP contribution in [0.3, 0.4) is 0 Å². The van der Waals surface area contributed by atoms with Crippen LogP contribution in [0.5, 0.6) is 0 Å². The van der Waals surface area contributed by atoms with Gasteiger partial charge in [-0.1, -0.05) is 74.4 Å². The largest absolute Gasteiger partial charge is 0.272 e. The van der Waals surface area contributed by atoms with E-state index in [1.807, 2.05) is 11.7 Å². The van der Waals surface area contributed by atoms with Crippen LogP contribution in [0, 0.1) is 6.92 Å². The van der Waals surface area contributed by atoms with Gasteiger partial charge < -0.3 is 0 Å². The Morgan fingerprint density at radius 2 is 1.16 bits per heavy atom. The first-order valence-corrected chi connectivity index (χ1v) is 9.33. The van der Waals surface area contributed by atoms with E-state index in [1.165, 1.54) is 27.9 Å². The summed E-state index contributed by atoms with van der Waals surface area (Å²) in [6, 6.07) is 7.04. The second-order valence-electron chi connectivity index (χ2n) is 10.5. The number of rotatable bonds is 1. The van der Waals surface area contributed by atoms with Crippen molar-refractivity contribution in [3.8, 4) is 11.3 Å². The van der Waals surface area contributed by atoms with Crippen molar-refractivity contribution in [1.29, 1.82) is 0 Å². The van der Waals surface area contributed by atoms with E-state index >= 15 is 0 Å². The van der Waals surface area contributed by atoms with Crippen molar-refractivity contribution in [3.63, 3.8) is 0 Å². The second-order valence-corrected chi connectivity index (χ2v) is 10.5. The normalized spacial score (nSPS) is 13.4. The summed E-state index contributed by atoms with van der Waals surface area (Å²) >= 11 is 0. The predicted octanol–water partition coefficient (Wildman–Crippen LogP) is 6.29. The molecule has 0 unspecified atom stereocenters. The van der Waals surface area contributed by atoms with Gasteiger partial charge in [-0.15, -0.1) is 0 Å². The van der Waals surface area contributed by atoms with Crippen LogP contribution in [0.1, 0.15) is 84.7 Å². The van der Waals surface area contributed by atoms with Crippen LogP contribution >= 0.6 is 0 Å². The molecule has 1 heterocycles. The molecule has 0 aliphatic heterocycles. The quantitative estimate of drug-likeness (QED) is 0.596. The lowest BCUT2D eigenvalue weighted by atomic mass is 9.71. The lowest BCUT2D eigenvalue weighted by molar-refractivity contribution is 0.550. The average molecular weight is 341 g/mol. The Labute approximate surface area is 154 Å². The maximum Gasteiger partial charge on any atom is 0.0931 e. The first kappa shape index (κ1) is 19.8. The van der Waals surface area contributed by atoms with E-state index in [2.05, 4.69) is 87.4 Å². The zero-order chi connectivity index (χ0) is 19.4. The summed E-state index contributed by atoms with van der Waals surface area (Å²) < 4.78 is 1.98. The highest BCUT2D eigenvalue weighted by Gasteiger charge is 2.30. The van der Waals surface area contributed by atoms with Crippen molar-refractivity contribution in [3.05, 3.63) is 40.6 Å². The Morgan fingerprint density at radius 3 is 1.44 bits per heavy atom. The Hall–Kier alpha value is -1.57. The molecule has 2 aromatic rings. The predicted molar refractivity (Wildman–Crippen MR) is 109 cm³/mol. The van der Waals surface area contributed by atoms with E-state index in [1.54, 1.807) is 0 Å². The topological polar surface area (TPSA) is 17.8 Å². The van der Waals surface area contributed by atoms with E-state index in [9.17, 15) is 0 Å². The SMILES string of the molecule is Cc1cc(-c2c(C(C)(C)C)cc(C(C)(C)C)cc2C(C)(C)C)nn1C. The summed E-state index contributed by atoms with van der Waals surface area (Å²) in [5.41, 5.74) is 8.02. The van der Waals surface area contributed by atoms with Gasteiger partial charge in [0.25, 0.3) is 0 Å². The summed E-state index contributed by atoms with van der Waals surface area (Å²) in [6.45, 7) is 22.8. The van der Waals surface area contributed by atoms with Gasteiger partial charge in [-0.05, 0) is 45.9 Å². The fourth-order valence-corrected chi connectivity index (χ4v) is 3.22. The lowest BCUT2D eigenvalue weighted by Gasteiger charge is -2.33. The third-order valence-corrected chi connectivity index (χ3v) is 4.99. The standard InChI is InChI=1S/C23H36N2/c1-15-12-19(24-25(15)11)20-17(22(5,6)7)13-16(21(2,3)4)14-18(20)23(8,9)10/h12-14H,1-11H3. The van der Waals surface area contributed by atoms with Gasteiger partial charge in [0.1, 0.15) is 0 Å². The molecule has 1 aromatic carbocycles. The van der Waals surface area contributed by atoms with Crippen molar-refractivity contribution in [1.82, 2.24) is 9.78 Å². The molecule has 0 aliphatic rings. The Balaban J connectivity index is 2.96. The van der Waals surface area contributed by atoms with Gasteiger partial charge in [-0.25, -0.2) is 0 Å². The van der Waals surface area contributed by atoms with Crippen molar-refractivity contribution < 1.29 is 0 Å². The lowest BCUT2D eigenvalue weighted by Crippen LogP contribution is -2.23. The van der Waals surface area contributed by atoms with Crippen LogP contribution in [-0.4, -0.2) is 9.78 Å². The van der Waals surface area contributed by atoms with E-state index < -0.39 is 0 Å². The van der Waals surface area contributed by atoms with Gasteiger partial charge in [0.2, 0.25) is 0 Å². The molecule has 0 saturated heterocycles. The minimum atomic E-state index is 0.0576. The molecule has 0 N–H and O–H groups in total. The van der Waals surface area contributed by atoms with Crippen LogP contribution < -0.4 is 0 Å². The minimum Gasteiger partial charge on any atom is -0.272 e. The van der Waals surface area contributed by atoms with Gasteiger partial charge in [0, 0.05) is 18.3 Å². The molecule has 2 heteroatoms. The monoisotopic (exact) mass is 340 g/mol. The Bertz CT molecular complexity index is 717. The number of hydrogen-bond acceptors (Lipinski definition) is 1. The second kappa shape index (κ2) is 6.00. The molecule has 0 fully saturated rings. The molecule has 0 spiro atoms. The molecule has 0 radical (unpaired) electrons. The molecule has 0 aliphatic carbocycles. The van der Waals surface area contributed by atoms with Crippen molar-refractivity contribution in [2.45, 2.75) is 85.5 Å². The van der Waals surface area contributed by atoms with Crippen LogP contribution in [0.15, 0.2) is 18.2 Å². The van der Waals surface area contributed by atoms with E-state index in [0.29, 0.717) is 0 Å². The highest BCUT2D eigenvalue weighted by Crippen LogP contribution is 2.42. The summed E-state index contributed by atoms with van der Waals surface area (Å²) in [6.07, 6.45) is 0. The third kappa shape index (κ3) is 3.99. The summed E-state index contributed by atoms with van der Waals surface area (Å²) in [5.74, 6) is 0. The highest BCUT2D eigenvalue weighted by atomic mass is 15.3. The average Bonchev–Trinajstić information content (AvgIpc) is 2.74. The fourth-order valence-electron chi connectivity index (χ4n) is 3.22. The van der Waals surface area contributed by atoms with E-state index in [-0.39, 0.29) is 16.2 Å². The molecule has 0 saturated carbocycles. The number of hydrogen-bond donors (Lipinski definition) is 0. The third-order valence-electron chi connectivity index (χ3n) is 4.99. The molecule has 0 atom stereocenters. The first-order valence-electron chi connectivity index (χ1n) is 9.33. The Morgan fingerprint density at radius 1 is 0.720 bits per heavy atom. The van der Waals surface area contributed by atoms with E-state index in [0.717, 1.165) is 5.69 Å². The maximum atomic E-state index is 4.84. The van der Waals surface area contributed by atoms with Crippen LogP contribution in [0.25, 0.3) is 11.3 Å². The number of benzene rings is 1. The van der Waals surface area contributed by atoms with Crippen molar-refractivity contribution in [2.24, 2.45) is 7.05 Å². The number of nitrogens with zero attached hydrogens (tertiary/aromatic N) is 2. The van der Waals surface area contributed by atoms with Gasteiger partial charge in [0.15, 0.2) is 0 Å². The Kier molecular flexibility index (Phi) is 4.74. The van der Waals surface area contributed by atoms with E-state index in [4.69, 9.17) is 5.10 Å². The molecule has 0 bridgehead atoms. The number of aromatic nitrogens is 2. The zero-order valence-electron chi connectivity index (χ0n) is 18.1. The molecule has 2 rings (SSSR count).